The average molecular weight is 281 g/mol. The molecule has 1 aromatic heterocycles. The number of ether oxygens (including phenoxy) is 1. The maximum absolute atomic E-state index is 12.0. The Morgan fingerprint density at radius 1 is 1.33 bits per heavy atom. The zero-order valence-electron chi connectivity index (χ0n) is 9.98. The first-order chi connectivity index (χ1) is 8.69. The third-order valence-electron chi connectivity index (χ3n) is 2.61. The summed E-state index contributed by atoms with van der Waals surface area (Å²) in [5.41, 5.74) is 1.90. The maximum Gasteiger partial charge on any atom is 0.141 e. The van der Waals surface area contributed by atoms with Gasteiger partial charge in [0.05, 0.1) is 7.11 Å². The zero-order chi connectivity index (χ0) is 13.0. The van der Waals surface area contributed by atoms with Crippen molar-refractivity contribution < 1.29 is 9.53 Å². The van der Waals surface area contributed by atoms with Crippen LogP contribution in [0.1, 0.15) is 11.1 Å². The number of thiophene rings is 1. The SMILES string of the molecule is COc1ccc(Cl)cc1CC(=O)Cc1ccsc1. The van der Waals surface area contributed by atoms with E-state index in [0.717, 1.165) is 11.1 Å². The third kappa shape index (κ3) is 3.34. The quantitative estimate of drug-likeness (QED) is 0.833. The lowest BCUT2D eigenvalue weighted by Gasteiger charge is -2.08. The lowest BCUT2D eigenvalue weighted by Crippen LogP contribution is -2.07. The summed E-state index contributed by atoms with van der Waals surface area (Å²) in [7, 11) is 1.59. The molecule has 0 fully saturated rings. The molecule has 1 heterocycles. The van der Waals surface area contributed by atoms with Gasteiger partial charge in [-0.3, -0.25) is 4.79 Å². The molecular formula is C14H13ClO2S. The second kappa shape index (κ2) is 6.03. The molecule has 0 aliphatic carbocycles. The third-order valence-corrected chi connectivity index (χ3v) is 3.58. The normalized spacial score (nSPS) is 10.3. The van der Waals surface area contributed by atoms with Gasteiger partial charge in [-0.05, 0) is 40.6 Å². The Hall–Kier alpha value is -1.32. The number of methoxy groups -OCH3 is 1. The molecule has 0 amide bonds. The zero-order valence-corrected chi connectivity index (χ0v) is 11.6. The average Bonchev–Trinajstić information content (AvgIpc) is 2.82. The molecule has 4 heteroatoms. The highest BCUT2D eigenvalue weighted by molar-refractivity contribution is 7.08. The second-order valence-corrected chi connectivity index (χ2v) is 5.20. The van der Waals surface area contributed by atoms with Crippen LogP contribution < -0.4 is 4.74 Å². The van der Waals surface area contributed by atoms with Gasteiger partial charge in [-0.1, -0.05) is 11.6 Å². The molecule has 0 atom stereocenters. The Morgan fingerprint density at radius 3 is 2.83 bits per heavy atom. The van der Waals surface area contributed by atoms with E-state index in [0.29, 0.717) is 23.6 Å². The highest BCUT2D eigenvalue weighted by Gasteiger charge is 2.10. The largest absolute Gasteiger partial charge is 0.496 e. The van der Waals surface area contributed by atoms with Crippen molar-refractivity contribution in [1.29, 1.82) is 0 Å². The number of Topliss-reactive ketones (excluding diaryl/α,β-unsaturated/α-hetero) is 1. The summed E-state index contributed by atoms with van der Waals surface area (Å²) >= 11 is 7.53. The summed E-state index contributed by atoms with van der Waals surface area (Å²) in [6, 6.07) is 7.30. The number of halogens is 1. The highest BCUT2D eigenvalue weighted by atomic mass is 35.5. The molecule has 0 bridgehead atoms. The van der Waals surface area contributed by atoms with E-state index in [1.54, 1.807) is 36.6 Å². The minimum atomic E-state index is 0.161. The van der Waals surface area contributed by atoms with Crippen LogP contribution in [-0.4, -0.2) is 12.9 Å². The fourth-order valence-corrected chi connectivity index (χ4v) is 2.64. The number of hydrogen-bond acceptors (Lipinski definition) is 3. The Kier molecular flexibility index (Phi) is 4.39. The van der Waals surface area contributed by atoms with E-state index in [1.165, 1.54) is 0 Å². The van der Waals surface area contributed by atoms with Crippen LogP contribution in [0.5, 0.6) is 5.75 Å². The molecule has 0 unspecified atom stereocenters. The van der Waals surface area contributed by atoms with Crippen LogP contribution in [0.3, 0.4) is 0 Å². The van der Waals surface area contributed by atoms with Crippen molar-refractivity contribution in [2.75, 3.05) is 7.11 Å². The Labute approximate surface area is 115 Å². The van der Waals surface area contributed by atoms with Crippen molar-refractivity contribution in [1.82, 2.24) is 0 Å². The van der Waals surface area contributed by atoms with Crippen molar-refractivity contribution in [3.05, 3.63) is 51.2 Å². The fraction of sp³-hybridized carbons (Fsp3) is 0.214. The maximum atomic E-state index is 12.0. The van der Waals surface area contributed by atoms with Crippen LogP contribution >= 0.6 is 22.9 Å². The molecule has 0 aliphatic rings. The predicted molar refractivity (Wildman–Crippen MR) is 74.7 cm³/mol. The van der Waals surface area contributed by atoms with Crippen LogP contribution in [0.4, 0.5) is 0 Å². The number of benzene rings is 1. The first-order valence-corrected chi connectivity index (χ1v) is 6.86. The summed E-state index contributed by atoms with van der Waals surface area (Å²) in [4.78, 5) is 12.0. The topological polar surface area (TPSA) is 26.3 Å². The van der Waals surface area contributed by atoms with Gasteiger partial charge in [-0.2, -0.15) is 11.3 Å². The summed E-state index contributed by atoms with van der Waals surface area (Å²) in [5.74, 6) is 0.868. The fourth-order valence-electron chi connectivity index (χ4n) is 1.78. The van der Waals surface area contributed by atoms with E-state index in [2.05, 4.69) is 0 Å². The predicted octanol–water partition coefficient (Wildman–Crippen LogP) is 3.76. The number of carbonyl (C=O) groups excluding carboxylic acids is 1. The molecule has 0 radical (unpaired) electrons. The van der Waals surface area contributed by atoms with Gasteiger partial charge in [0, 0.05) is 23.4 Å². The molecule has 1 aromatic carbocycles. The van der Waals surface area contributed by atoms with Gasteiger partial charge < -0.3 is 4.74 Å². The Balaban J connectivity index is 2.08. The molecule has 0 spiro atoms. The highest BCUT2D eigenvalue weighted by Crippen LogP contribution is 2.23. The van der Waals surface area contributed by atoms with Crippen molar-refractivity contribution in [3.63, 3.8) is 0 Å². The Bertz CT molecular complexity index is 535. The smallest absolute Gasteiger partial charge is 0.141 e. The molecule has 0 aliphatic heterocycles. The van der Waals surface area contributed by atoms with E-state index in [-0.39, 0.29) is 5.78 Å². The van der Waals surface area contributed by atoms with Crippen LogP contribution in [0.25, 0.3) is 0 Å². The number of rotatable bonds is 5. The lowest BCUT2D eigenvalue weighted by molar-refractivity contribution is -0.117. The molecule has 94 valence electrons. The molecule has 0 N–H and O–H groups in total. The van der Waals surface area contributed by atoms with Crippen molar-refractivity contribution >= 4 is 28.7 Å². The number of carbonyl (C=O) groups is 1. The van der Waals surface area contributed by atoms with Gasteiger partial charge in [-0.25, -0.2) is 0 Å². The summed E-state index contributed by atoms with van der Waals surface area (Å²) in [6.45, 7) is 0. The molecule has 18 heavy (non-hydrogen) atoms. The van der Waals surface area contributed by atoms with Crippen LogP contribution in [0, 0.1) is 0 Å². The number of ketones is 1. The van der Waals surface area contributed by atoms with E-state index in [9.17, 15) is 4.79 Å². The molecule has 0 saturated heterocycles. The van der Waals surface area contributed by atoms with Crippen LogP contribution in [-0.2, 0) is 17.6 Å². The Morgan fingerprint density at radius 2 is 2.17 bits per heavy atom. The molecule has 2 aromatic rings. The molecule has 0 saturated carbocycles. The summed E-state index contributed by atoms with van der Waals surface area (Å²) < 4.78 is 5.23. The van der Waals surface area contributed by atoms with E-state index in [4.69, 9.17) is 16.3 Å². The minimum absolute atomic E-state index is 0.161. The first-order valence-electron chi connectivity index (χ1n) is 5.54. The monoisotopic (exact) mass is 280 g/mol. The van der Waals surface area contributed by atoms with E-state index in [1.807, 2.05) is 16.8 Å². The molecule has 2 nitrogen and oxygen atoms in total. The standard InChI is InChI=1S/C14H13ClO2S/c1-17-14-3-2-12(15)7-11(14)8-13(16)6-10-4-5-18-9-10/h2-5,7,9H,6,8H2,1H3. The van der Waals surface area contributed by atoms with E-state index >= 15 is 0 Å². The van der Waals surface area contributed by atoms with Gasteiger partial charge >= 0.3 is 0 Å². The van der Waals surface area contributed by atoms with Crippen molar-refractivity contribution in [2.24, 2.45) is 0 Å². The van der Waals surface area contributed by atoms with Gasteiger partial charge in [-0.15, -0.1) is 0 Å². The van der Waals surface area contributed by atoms with Gasteiger partial charge in [0.2, 0.25) is 0 Å². The van der Waals surface area contributed by atoms with Crippen LogP contribution in [0.2, 0.25) is 5.02 Å². The van der Waals surface area contributed by atoms with Crippen LogP contribution in [0.15, 0.2) is 35.0 Å². The first kappa shape index (κ1) is 13.1. The minimum Gasteiger partial charge on any atom is -0.496 e. The lowest BCUT2D eigenvalue weighted by atomic mass is 10.0. The van der Waals surface area contributed by atoms with Crippen molar-refractivity contribution in [3.8, 4) is 5.75 Å². The van der Waals surface area contributed by atoms with Gasteiger partial charge in [0.1, 0.15) is 11.5 Å². The second-order valence-electron chi connectivity index (χ2n) is 3.98. The van der Waals surface area contributed by atoms with Crippen molar-refractivity contribution in [2.45, 2.75) is 12.8 Å². The molecular weight excluding hydrogens is 268 g/mol. The summed E-state index contributed by atoms with van der Waals surface area (Å²) in [5, 5.41) is 4.59. The van der Waals surface area contributed by atoms with Gasteiger partial charge in [0.25, 0.3) is 0 Å². The molecule has 2 rings (SSSR count). The number of hydrogen-bond donors (Lipinski definition) is 0. The van der Waals surface area contributed by atoms with Gasteiger partial charge in [0.15, 0.2) is 0 Å². The van der Waals surface area contributed by atoms with E-state index < -0.39 is 0 Å². The summed E-state index contributed by atoms with van der Waals surface area (Å²) in [6.07, 6.45) is 0.804.